The molecule has 88 valence electrons. The van der Waals surface area contributed by atoms with Gasteiger partial charge in [0.2, 0.25) is 11.9 Å². The van der Waals surface area contributed by atoms with Crippen molar-refractivity contribution in [3.63, 3.8) is 0 Å². The van der Waals surface area contributed by atoms with E-state index >= 15 is 0 Å². The number of carbonyl (C=O) groups excluding carboxylic acids is 1. The van der Waals surface area contributed by atoms with Crippen molar-refractivity contribution in [2.75, 3.05) is 17.3 Å². The van der Waals surface area contributed by atoms with Crippen LogP contribution in [-0.2, 0) is 4.79 Å². The number of nitrogen functional groups attached to an aromatic ring is 1. The normalized spacial score (nSPS) is 9.88. The molecule has 0 saturated carbocycles. The van der Waals surface area contributed by atoms with Crippen LogP contribution in [0.4, 0.5) is 11.8 Å². The second kappa shape index (κ2) is 5.86. The predicted molar refractivity (Wildman–Crippen MR) is 61.5 cm³/mol. The molecule has 0 radical (unpaired) electrons. The van der Waals surface area contributed by atoms with Gasteiger partial charge in [-0.2, -0.15) is 4.98 Å². The van der Waals surface area contributed by atoms with Gasteiger partial charge < -0.3 is 11.1 Å². The summed E-state index contributed by atoms with van der Waals surface area (Å²) in [5.74, 6) is 5.95. The second-order valence-electron chi connectivity index (χ2n) is 3.37. The van der Waals surface area contributed by atoms with Gasteiger partial charge in [0.1, 0.15) is 5.82 Å². The van der Waals surface area contributed by atoms with Crippen LogP contribution in [0.3, 0.4) is 0 Å². The molecule has 0 aromatic carbocycles. The molecule has 16 heavy (non-hydrogen) atoms. The van der Waals surface area contributed by atoms with E-state index in [2.05, 4.69) is 20.7 Å². The van der Waals surface area contributed by atoms with Gasteiger partial charge in [0.05, 0.1) is 0 Å². The van der Waals surface area contributed by atoms with Crippen LogP contribution in [0.1, 0.15) is 18.4 Å². The quantitative estimate of drug-likeness (QED) is 0.300. The number of hydrazine groups is 1. The highest BCUT2D eigenvalue weighted by Gasteiger charge is 2.02. The number of nitrogens with zero attached hydrogens (tertiary/aromatic N) is 2. The molecule has 7 nitrogen and oxygen atoms in total. The maximum Gasteiger partial charge on any atom is 0.239 e. The Morgan fingerprint density at radius 3 is 2.94 bits per heavy atom. The molecule has 0 aliphatic heterocycles. The number of carbonyl (C=O) groups is 1. The number of aromatic nitrogens is 2. The molecule has 0 unspecified atom stereocenters. The average Bonchev–Trinajstić information content (AvgIpc) is 2.26. The minimum Gasteiger partial charge on any atom is -0.370 e. The van der Waals surface area contributed by atoms with Crippen LogP contribution in [0, 0.1) is 6.92 Å². The Kier molecular flexibility index (Phi) is 4.46. The molecule has 0 bridgehead atoms. The summed E-state index contributed by atoms with van der Waals surface area (Å²) in [6.45, 7) is 2.52. The van der Waals surface area contributed by atoms with Crippen molar-refractivity contribution >= 4 is 17.7 Å². The van der Waals surface area contributed by atoms with Crippen LogP contribution >= 0.6 is 0 Å². The number of hydrogen-bond acceptors (Lipinski definition) is 6. The van der Waals surface area contributed by atoms with E-state index in [1.165, 1.54) is 0 Å². The summed E-state index contributed by atoms with van der Waals surface area (Å²) in [5, 5.41) is 3.09. The lowest BCUT2D eigenvalue weighted by molar-refractivity contribution is -0.118. The Hall–Kier alpha value is -1.89. The first-order chi connectivity index (χ1) is 7.63. The van der Waals surface area contributed by atoms with Gasteiger partial charge in [-0.25, -0.2) is 10.8 Å². The molecule has 0 spiro atoms. The highest BCUT2D eigenvalue weighted by Crippen LogP contribution is 2.11. The van der Waals surface area contributed by atoms with Crippen LogP contribution in [-0.4, -0.2) is 22.4 Å². The summed E-state index contributed by atoms with van der Waals surface area (Å²) in [6, 6.07) is 0. The van der Waals surface area contributed by atoms with Gasteiger partial charge >= 0.3 is 0 Å². The molecule has 0 aliphatic rings. The average molecular weight is 224 g/mol. The largest absolute Gasteiger partial charge is 0.370 e. The van der Waals surface area contributed by atoms with Crippen molar-refractivity contribution in [1.82, 2.24) is 9.97 Å². The van der Waals surface area contributed by atoms with Gasteiger partial charge in [-0.3, -0.25) is 10.2 Å². The molecule has 0 saturated heterocycles. The van der Waals surface area contributed by atoms with Gasteiger partial charge in [-0.15, -0.1) is 0 Å². The molecule has 1 rings (SSSR count). The molecule has 7 heteroatoms. The topological polar surface area (TPSA) is 119 Å². The van der Waals surface area contributed by atoms with Crippen LogP contribution in [0.5, 0.6) is 0 Å². The molecule has 1 aromatic rings. The number of amides is 1. The van der Waals surface area contributed by atoms with E-state index in [1.54, 1.807) is 6.20 Å². The van der Waals surface area contributed by atoms with Crippen molar-refractivity contribution in [2.24, 2.45) is 11.6 Å². The third-order valence-corrected chi connectivity index (χ3v) is 1.99. The van der Waals surface area contributed by atoms with Gasteiger partial charge in [0, 0.05) is 24.7 Å². The molecule has 1 heterocycles. The van der Waals surface area contributed by atoms with Crippen LogP contribution in [0.2, 0.25) is 0 Å². The highest BCUT2D eigenvalue weighted by molar-refractivity contribution is 5.73. The Balaban J connectivity index is 2.49. The molecule has 1 amide bonds. The zero-order valence-electron chi connectivity index (χ0n) is 9.16. The van der Waals surface area contributed by atoms with Crippen LogP contribution < -0.4 is 22.3 Å². The molecular formula is C9H16N6O. The smallest absolute Gasteiger partial charge is 0.239 e. The Morgan fingerprint density at radius 1 is 1.56 bits per heavy atom. The summed E-state index contributed by atoms with van der Waals surface area (Å²) >= 11 is 0. The zero-order chi connectivity index (χ0) is 12.0. The van der Waals surface area contributed by atoms with Crippen molar-refractivity contribution < 1.29 is 4.79 Å². The monoisotopic (exact) mass is 224 g/mol. The Morgan fingerprint density at radius 2 is 2.31 bits per heavy atom. The van der Waals surface area contributed by atoms with Gasteiger partial charge in [-0.05, 0) is 13.3 Å². The summed E-state index contributed by atoms with van der Waals surface area (Å²) in [7, 11) is 0. The summed E-state index contributed by atoms with van der Waals surface area (Å²) in [6.07, 6.45) is 2.70. The summed E-state index contributed by atoms with van der Waals surface area (Å²) in [5.41, 5.74) is 8.31. The van der Waals surface area contributed by atoms with Crippen molar-refractivity contribution in [1.29, 1.82) is 0 Å². The van der Waals surface area contributed by atoms with Gasteiger partial charge in [-0.1, -0.05) is 0 Å². The fraction of sp³-hybridized carbons (Fsp3) is 0.444. The van der Waals surface area contributed by atoms with Crippen molar-refractivity contribution in [3.05, 3.63) is 11.8 Å². The van der Waals surface area contributed by atoms with Gasteiger partial charge in [0.15, 0.2) is 0 Å². The third-order valence-electron chi connectivity index (χ3n) is 1.99. The molecule has 1 aromatic heterocycles. The van der Waals surface area contributed by atoms with E-state index in [0.29, 0.717) is 31.2 Å². The first-order valence-electron chi connectivity index (χ1n) is 4.96. The lowest BCUT2D eigenvalue weighted by atomic mass is 10.3. The first-order valence-corrected chi connectivity index (χ1v) is 4.96. The minimum absolute atomic E-state index is 0.300. The number of rotatable bonds is 6. The predicted octanol–water partition coefficient (Wildman–Crippen LogP) is -0.252. The Bertz CT molecular complexity index is 367. The van der Waals surface area contributed by atoms with E-state index in [0.717, 1.165) is 5.56 Å². The molecule has 0 aliphatic carbocycles. The summed E-state index contributed by atoms with van der Waals surface area (Å²) < 4.78 is 0. The SMILES string of the molecule is Cc1cnc(NN)nc1NCCCC(N)=O. The third kappa shape index (κ3) is 3.70. The number of aryl methyl sites for hydroxylation is 1. The van der Waals surface area contributed by atoms with E-state index in [1.807, 2.05) is 6.92 Å². The minimum atomic E-state index is -0.300. The highest BCUT2D eigenvalue weighted by atomic mass is 16.1. The van der Waals surface area contributed by atoms with Crippen LogP contribution in [0.25, 0.3) is 0 Å². The Labute approximate surface area is 93.6 Å². The molecular weight excluding hydrogens is 208 g/mol. The van der Waals surface area contributed by atoms with Crippen molar-refractivity contribution in [3.8, 4) is 0 Å². The maximum absolute atomic E-state index is 10.5. The van der Waals surface area contributed by atoms with E-state index in [4.69, 9.17) is 11.6 Å². The number of hydrogen-bond donors (Lipinski definition) is 4. The second-order valence-corrected chi connectivity index (χ2v) is 3.37. The standard InChI is InChI=1S/C9H16N6O/c1-6-5-13-9(15-11)14-8(6)12-4-2-3-7(10)16/h5H,2-4,11H2,1H3,(H2,10,16)(H2,12,13,14,15). The summed E-state index contributed by atoms with van der Waals surface area (Å²) in [4.78, 5) is 18.6. The lowest BCUT2D eigenvalue weighted by Crippen LogP contribution is -2.15. The number of primary amides is 1. The lowest BCUT2D eigenvalue weighted by Gasteiger charge is -2.08. The fourth-order valence-corrected chi connectivity index (χ4v) is 1.16. The maximum atomic E-state index is 10.5. The van der Waals surface area contributed by atoms with Crippen LogP contribution in [0.15, 0.2) is 6.20 Å². The van der Waals surface area contributed by atoms with E-state index in [9.17, 15) is 4.79 Å². The van der Waals surface area contributed by atoms with Crippen molar-refractivity contribution in [2.45, 2.75) is 19.8 Å². The van der Waals surface area contributed by atoms with Gasteiger partial charge in [0.25, 0.3) is 0 Å². The van der Waals surface area contributed by atoms with E-state index in [-0.39, 0.29) is 5.91 Å². The molecule has 0 fully saturated rings. The number of nitrogens with one attached hydrogen (secondary N) is 2. The number of nitrogens with two attached hydrogens (primary N) is 2. The van der Waals surface area contributed by atoms with E-state index < -0.39 is 0 Å². The fourth-order valence-electron chi connectivity index (χ4n) is 1.16. The first kappa shape index (κ1) is 12.2. The molecule has 6 N–H and O–H groups in total. The number of anilines is 2. The zero-order valence-corrected chi connectivity index (χ0v) is 9.16. The molecule has 0 atom stereocenters.